The van der Waals surface area contributed by atoms with E-state index in [1.165, 1.54) is 0 Å². The summed E-state index contributed by atoms with van der Waals surface area (Å²) < 4.78 is 0. The molecular weight excluding hydrogens is 378 g/mol. The predicted molar refractivity (Wildman–Crippen MR) is 121 cm³/mol. The fourth-order valence-corrected chi connectivity index (χ4v) is 4.90. The lowest BCUT2D eigenvalue weighted by molar-refractivity contribution is -0.123. The van der Waals surface area contributed by atoms with Gasteiger partial charge in [0, 0.05) is 11.4 Å². The van der Waals surface area contributed by atoms with Gasteiger partial charge in [-0.2, -0.15) is 0 Å². The lowest BCUT2D eigenvalue weighted by Gasteiger charge is -2.43. The van der Waals surface area contributed by atoms with E-state index in [2.05, 4.69) is 40.1 Å². The Bertz CT molecular complexity index is 1220. The Morgan fingerprint density at radius 3 is 2.38 bits per heavy atom. The molecule has 5 heteroatoms. The van der Waals surface area contributed by atoms with Gasteiger partial charge in [-0.15, -0.1) is 0 Å². The molecule has 1 amide bonds. The molecule has 1 saturated heterocycles. The molecule has 1 heterocycles. The Labute approximate surface area is 175 Å². The van der Waals surface area contributed by atoms with Crippen LogP contribution >= 0.6 is 12.2 Å². The van der Waals surface area contributed by atoms with Gasteiger partial charge in [-0.3, -0.25) is 9.69 Å². The molecule has 1 spiro atoms. The van der Waals surface area contributed by atoms with Crippen LogP contribution in [-0.2, 0) is 4.79 Å². The van der Waals surface area contributed by atoms with Gasteiger partial charge < -0.3 is 4.90 Å². The largest absolute Gasteiger partial charge is 0.303 e. The second-order valence-corrected chi connectivity index (χ2v) is 8.12. The summed E-state index contributed by atoms with van der Waals surface area (Å²) in [7, 11) is 0. The first-order valence-electron chi connectivity index (χ1n) is 9.71. The third-order valence-electron chi connectivity index (χ3n) is 6.14. The predicted octanol–water partition coefficient (Wildman–Crippen LogP) is 5.76. The molecule has 142 valence electrons. The summed E-state index contributed by atoms with van der Waals surface area (Å²) in [6.45, 7) is 9.16. The van der Waals surface area contributed by atoms with Crippen LogP contribution < -0.4 is 9.80 Å². The first kappa shape index (κ1) is 17.8. The Morgan fingerprint density at radius 1 is 1.00 bits per heavy atom. The van der Waals surface area contributed by atoms with Gasteiger partial charge in [0.05, 0.1) is 6.57 Å². The smallest absolute Gasteiger partial charge is 0.259 e. The van der Waals surface area contributed by atoms with Crippen molar-refractivity contribution in [1.29, 1.82) is 0 Å². The van der Waals surface area contributed by atoms with Crippen LogP contribution in [-0.4, -0.2) is 16.6 Å². The standard InChI is InChI=1S/C24H19N3OS/c1-16-14-19(10-11-21(16)25-2)26-22(28)24(12-5-13-24)27(23(26)29)20-9-8-17-6-3-4-7-18(17)15-20/h3-4,6-11,14-15H,5,12-13H2,1H3. The highest BCUT2D eigenvalue weighted by molar-refractivity contribution is 7.81. The summed E-state index contributed by atoms with van der Waals surface area (Å²) in [5.41, 5.74) is 2.54. The van der Waals surface area contributed by atoms with E-state index in [0.29, 0.717) is 10.8 Å². The molecule has 1 aliphatic heterocycles. The van der Waals surface area contributed by atoms with Gasteiger partial charge in [0.25, 0.3) is 5.91 Å². The van der Waals surface area contributed by atoms with E-state index in [9.17, 15) is 4.79 Å². The summed E-state index contributed by atoms with van der Waals surface area (Å²) in [6, 6.07) is 19.9. The minimum absolute atomic E-state index is 0.0388. The number of benzene rings is 3. The normalized spacial score (nSPS) is 17.7. The zero-order valence-electron chi connectivity index (χ0n) is 16.1. The quantitative estimate of drug-likeness (QED) is 0.406. The van der Waals surface area contributed by atoms with Crippen LogP contribution in [0.5, 0.6) is 0 Å². The number of hydrogen-bond donors (Lipinski definition) is 0. The highest BCUT2D eigenvalue weighted by atomic mass is 32.1. The van der Waals surface area contributed by atoms with Gasteiger partial charge >= 0.3 is 0 Å². The average Bonchev–Trinajstić information content (AvgIpc) is 2.94. The van der Waals surface area contributed by atoms with E-state index >= 15 is 0 Å². The molecule has 0 radical (unpaired) electrons. The van der Waals surface area contributed by atoms with Crippen molar-refractivity contribution < 1.29 is 4.79 Å². The monoisotopic (exact) mass is 397 g/mol. The first-order chi connectivity index (χ1) is 14.0. The minimum Gasteiger partial charge on any atom is -0.303 e. The fourth-order valence-electron chi connectivity index (χ4n) is 4.43. The molecule has 0 aromatic heterocycles. The molecule has 0 atom stereocenters. The van der Waals surface area contributed by atoms with Crippen molar-refractivity contribution in [3.8, 4) is 0 Å². The van der Waals surface area contributed by atoms with E-state index in [-0.39, 0.29) is 5.91 Å². The number of anilines is 2. The molecule has 3 aromatic carbocycles. The molecule has 1 saturated carbocycles. The second-order valence-electron chi connectivity index (χ2n) is 7.76. The third kappa shape index (κ3) is 2.49. The molecule has 2 aliphatic rings. The first-order valence-corrected chi connectivity index (χ1v) is 10.1. The van der Waals surface area contributed by atoms with E-state index in [4.69, 9.17) is 18.8 Å². The molecule has 3 aromatic rings. The van der Waals surface area contributed by atoms with Gasteiger partial charge in [-0.05, 0) is 79.0 Å². The SMILES string of the molecule is [C-]#[N+]c1ccc(N2C(=O)C3(CCC3)N(c3ccc4ccccc4c3)C2=S)cc1C. The molecule has 0 bridgehead atoms. The number of nitrogens with zero attached hydrogens (tertiary/aromatic N) is 3. The molecule has 29 heavy (non-hydrogen) atoms. The van der Waals surface area contributed by atoms with Crippen LogP contribution in [0, 0.1) is 13.5 Å². The van der Waals surface area contributed by atoms with E-state index in [0.717, 1.165) is 47.0 Å². The minimum atomic E-state index is -0.591. The fraction of sp³-hybridized carbons (Fsp3) is 0.208. The van der Waals surface area contributed by atoms with Crippen molar-refractivity contribution >= 4 is 51.1 Å². The van der Waals surface area contributed by atoms with Crippen LogP contribution in [0.2, 0.25) is 0 Å². The third-order valence-corrected chi connectivity index (χ3v) is 6.51. The summed E-state index contributed by atoms with van der Waals surface area (Å²) in [4.78, 5) is 20.8. The van der Waals surface area contributed by atoms with Gasteiger partial charge in [0.1, 0.15) is 5.54 Å². The molecular formula is C24H19N3OS. The maximum atomic E-state index is 13.6. The van der Waals surface area contributed by atoms with Gasteiger partial charge in [0.15, 0.2) is 10.8 Å². The van der Waals surface area contributed by atoms with E-state index in [1.54, 1.807) is 11.0 Å². The van der Waals surface area contributed by atoms with E-state index < -0.39 is 5.54 Å². The molecule has 4 nitrogen and oxygen atoms in total. The molecule has 5 rings (SSSR count). The number of carbonyl (C=O) groups is 1. The summed E-state index contributed by atoms with van der Waals surface area (Å²) >= 11 is 5.85. The second kappa shape index (κ2) is 6.40. The molecule has 1 aliphatic carbocycles. The van der Waals surface area contributed by atoms with Gasteiger partial charge in [-0.25, -0.2) is 4.85 Å². The topological polar surface area (TPSA) is 27.9 Å². The Hall–Kier alpha value is -3.23. The number of hydrogen-bond acceptors (Lipinski definition) is 2. The highest BCUT2D eigenvalue weighted by Crippen LogP contribution is 2.48. The Balaban J connectivity index is 1.62. The van der Waals surface area contributed by atoms with Crippen LogP contribution in [0.1, 0.15) is 24.8 Å². The summed E-state index contributed by atoms with van der Waals surface area (Å²) in [5.74, 6) is 0.0388. The zero-order valence-corrected chi connectivity index (χ0v) is 16.9. The number of aryl methyl sites for hydroxylation is 1. The Morgan fingerprint density at radius 2 is 1.72 bits per heavy atom. The number of fused-ring (bicyclic) bond motifs is 1. The van der Waals surface area contributed by atoms with Crippen molar-refractivity contribution in [3.63, 3.8) is 0 Å². The summed E-state index contributed by atoms with van der Waals surface area (Å²) in [6.07, 6.45) is 2.62. The van der Waals surface area contributed by atoms with Crippen LogP contribution in [0.3, 0.4) is 0 Å². The molecule has 2 fully saturated rings. The lowest BCUT2D eigenvalue weighted by atomic mass is 9.75. The maximum absolute atomic E-state index is 13.6. The van der Waals surface area contributed by atoms with Crippen LogP contribution in [0.4, 0.5) is 17.1 Å². The Kier molecular flexibility index (Phi) is 3.94. The lowest BCUT2D eigenvalue weighted by Crippen LogP contribution is -2.55. The maximum Gasteiger partial charge on any atom is 0.259 e. The molecule has 0 N–H and O–H groups in total. The van der Waals surface area contributed by atoms with Crippen molar-refractivity contribution in [2.75, 3.05) is 9.80 Å². The highest BCUT2D eigenvalue weighted by Gasteiger charge is 2.59. The van der Waals surface area contributed by atoms with Crippen LogP contribution in [0.15, 0.2) is 60.7 Å². The van der Waals surface area contributed by atoms with Crippen molar-refractivity contribution in [2.45, 2.75) is 31.7 Å². The molecule has 0 unspecified atom stereocenters. The number of thiocarbonyl (C=S) groups is 1. The van der Waals surface area contributed by atoms with Crippen molar-refractivity contribution in [1.82, 2.24) is 0 Å². The summed E-state index contributed by atoms with van der Waals surface area (Å²) in [5, 5.41) is 2.81. The van der Waals surface area contributed by atoms with Gasteiger partial charge in [0.2, 0.25) is 0 Å². The number of carbonyl (C=O) groups excluding carboxylic acids is 1. The van der Waals surface area contributed by atoms with Gasteiger partial charge in [-0.1, -0.05) is 36.4 Å². The zero-order chi connectivity index (χ0) is 20.2. The van der Waals surface area contributed by atoms with Crippen LogP contribution in [0.25, 0.3) is 15.6 Å². The van der Waals surface area contributed by atoms with E-state index in [1.807, 2.05) is 31.2 Å². The number of amides is 1. The average molecular weight is 398 g/mol. The number of rotatable bonds is 2. The van der Waals surface area contributed by atoms with Crippen molar-refractivity contribution in [2.24, 2.45) is 0 Å². The van der Waals surface area contributed by atoms with Crippen molar-refractivity contribution in [3.05, 3.63) is 77.6 Å².